The first kappa shape index (κ1) is 19.6. The van der Waals surface area contributed by atoms with Crippen LogP contribution in [0.3, 0.4) is 0 Å². The highest BCUT2D eigenvalue weighted by Gasteiger charge is 2.30. The van der Waals surface area contributed by atoms with Crippen molar-refractivity contribution in [2.45, 2.75) is 44.7 Å². The van der Waals surface area contributed by atoms with E-state index < -0.39 is 0 Å². The number of amides is 1. The minimum atomic E-state index is 0. The molecule has 1 fully saturated rings. The van der Waals surface area contributed by atoms with Gasteiger partial charge in [0.2, 0.25) is 5.91 Å². The molecule has 0 saturated carbocycles. The average molecular weight is 343 g/mol. The first-order chi connectivity index (χ1) is 10.6. The summed E-state index contributed by atoms with van der Waals surface area (Å²) in [4.78, 5) is 14.4. The highest BCUT2D eigenvalue weighted by atomic mass is 35.5. The van der Waals surface area contributed by atoms with Gasteiger partial charge in [0.25, 0.3) is 0 Å². The third kappa shape index (κ3) is 4.75. The highest BCUT2D eigenvalue weighted by molar-refractivity contribution is 5.85. The van der Waals surface area contributed by atoms with Crippen molar-refractivity contribution < 1.29 is 14.3 Å². The number of carbonyl (C=O) groups excluding carboxylic acids is 1. The fourth-order valence-corrected chi connectivity index (χ4v) is 2.97. The predicted octanol–water partition coefficient (Wildman–Crippen LogP) is 2.92. The Bertz CT molecular complexity index is 523. The van der Waals surface area contributed by atoms with Crippen LogP contribution in [0.5, 0.6) is 11.5 Å². The lowest BCUT2D eigenvalue weighted by Crippen LogP contribution is -2.31. The maximum atomic E-state index is 12.4. The number of likely N-dealkylation sites (tertiary alicyclic amines) is 1. The van der Waals surface area contributed by atoms with Crippen molar-refractivity contribution in [1.82, 2.24) is 4.90 Å². The van der Waals surface area contributed by atoms with Crippen LogP contribution >= 0.6 is 12.4 Å². The number of carbonyl (C=O) groups is 1. The molecule has 130 valence electrons. The van der Waals surface area contributed by atoms with Crippen LogP contribution in [0.4, 0.5) is 0 Å². The summed E-state index contributed by atoms with van der Waals surface area (Å²) >= 11 is 0. The lowest BCUT2D eigenvalue weighted by molar-refractivity contribution is -0.132. The molecule has 0 aromatic heterocycles. The topological polar surface area (TPSA) is 64.8 Å². The summed E-state index contributed by atoms with van der Waals surface area (Å²) in [7, 11) is 3.25. The SMILES string of the molecule is COc1ccc(C2CCCN2C(=O)CCC(C)N)cc1OC.Cl. The largest absolute Gasteiger partial charge is 0.493 e. The molecule has 2 atom stereocenters. The molecule has 0 aliphatic carbocycles. The van der Waals surface area contributed by atoms with Crippen LogP contribution in [0.25, 0.3) is 0 Å². The van der Waals surface area contributed by atoms with Crippen LogP contribution in [-0.2, 0) is 4.79 Å². The Morgan fingerprint density at radius 3 is 2.65 bits per heavy atom. The van der Waals surface area contributed by atoms with Gasteiger partial charge in [-0.2, -0.15) is 0 Å². The van der Waals surface area contributed by atoms with Crippen LogP contribution in [0.2, 0.25) is 0 Å². The van der Waals surface area contributed by atoms with E-state index in [1.54, 1.807) is 14.2 Å². The third-order valence-corrected chi connectivity index (χ3v) is 4.18. The second-order valence-corrected chi connectivity index (χ2v) is 5.88. The number of nitrogens with zero attached hydrogens (tertiary/aromatic N) is 1. The van der Waals surface area contributed by atoms with E-state index in [0.29, 0.717) is 17.9 Å². The van der Waals surface area contributed by atoms with E-state index in [-0.39, 0.29) is 30.4 Å². The molecular weight excluding hydrogens is 316 g/mol. The van der Waals surface area contributed by atoms with Crippen molar-refractivity contribution in [2.24, 2.45) is 5.73 Å². The van der Waals surface area contributed by atoms with E-state index in [9.17, 15) is 4.79 Å². The van der Waals surface area contributed by atoms with Gasteiger partial charge in [-0.25, -0.2) is 0 Å². The molecule has 2 rings (SSSR count). The summed E-state index contributed by atoms with van der Waals surface area (Å²) < 4.78 is 10.6. The minimum absolute atomic E-state index is 0. The Balaban J connectivity index is 0.00000264. The maximum Gasteiger partial charge on any atom is 0.223 e. The molecule has 2 N–H and O–H groups in total. The Labute approximate surface area is 144 Å². The van der Waals surface area contributed by atoms with Crippen molar-refractivity contribution in [3.8, 4) is 11.5 Å². The number of rotatable bonds is 6. The molecule has 1 heterocycles. The second-order valence-electron chi connectivity index (χ2n) is 5.88. The Morgan fingerprint density at radius 2 is 2.04 bits per heavy atom. The Hall–Kier alpha value is -1.46. The van der Waals surface area contributed by atoms with Gasteiger partial charge in [0.1, 0.15) is 0 Å². The number of benzene rings is 1. The fourth-order valence-electron chi connectivity index (χ4n) is 2.97. The summed E-state index contributed by atoms with van der Waals surface area (Å²) in [5, 5.41) is 0. The van der Waals surface area contributed by atoms with Gasteiger partial charge in [0, 0.05) is 19.0 Å². The second kappa shape index (κ2) is 8.99. The maximum absolute atomic E-state index is 12.4. The standard InChI is InChI=1S/C17H26N2O3.ClH/c1-12(18)6-9-17(20)19-10-4-5-14(19)13-7-8-15(21-2)16(11-13)22-3;/h7-8,11-12,14H,4-6,9-10,18H2,1-3H3;1H. The summed E-state index contributed by atoms with van der Waals surface area (Å²) in [6, 6.07) is 6.08. The number of nitrogens with two attached hydrogens (primary N) is 1. The molecule has 6 heteroatoms. The molecule has 1 aromatic carbocycles. The molecular formula is C17H27ClN2O3. The van der Waals surface area contributed by atoms with Crippen molar-refractivity contribution in [1.29, 1.82) is 0 Å². The Morgan fingerprint density at radius 1 is 1.35 bits per heavy atom. The molecule has 1 amide bonds. The van der Waals surface area contributed by atoms with Crippen molar-refractivity contribution in [3.63, 3.8) is 0 Å². The number of ether oxygens (including phenoxy) is 2. The third-order valence-electron chi connectivity index (χ3n) is 4.18. The lowest BCUT2D eigenvalue weighted by atomic mass is 10.0. The molecule has 0 spiro atoms. The molecule has 1 saturated heterocycles. The molecule has 2 unspecified atom stereocenters. The van der Waals surface area contributed by atoms with Crippen LogP contribution in [0.1, 0.15) is 44.2 Å². The molecule has 23 heavy (non-hydrogen) atoms. The Kier molecular flexibility index (Phi) is 7.65. The van der Waals surface area contributed by atoms with Gasteiger partial charge in [-0.15, -0.1) is 12.4 Å². The molecule has 0 radical (unpaired) electrons. The van der Waals surface area contributed by atoms with E-state index in [2.05, 4.69) is 0 Å². The van der Waals surface area contributed by atoms with E-state index in [1.165, 1.54) is 0 Å². The zero-order chi connectivity index (χ0) is 16.1. The van der Waals surface area contributed by atoms with Gasteiger partial charge < -0.3 is 20.1 Å². The van der Waals surface area contributed by atoms with Crippen LogP contribution in [0, 0.1) is 0 Å². The molecule has 5 nitrogen and oxygen atoms in total. The summed E-state index contributed by atoms with van der Waals surface area (Å²) in [6.45, 7) is 2.75. The number of hydrogen-bond donors (Lipinski definition) is 1. The van der Waals surface area contributed by atoms with Crippen molar-refractivity contribution in [3.05, 3.63) is 23.8 Å². The van der Waals surface area contributed by atoms with Gasteiger partial charge in [0.15, 0.2) is 11.5 Å². The number of halogens is 1. The van der Waals surface area contributed by atoms with Crippen LogP contribution < -0.4 is 15.2 Å². The quantitative estimate of drug-likeness (QED) is 0.863. The zero-order valence-corrected chi connectivity index (χ0v) is 14.9. The highest BCUT2D eigenvalue weighted by Crippen LogP contribution is 2.37. The molecule has 1 aliphatic rings. The first-order valence-electron chi connectivity index (χ1n) is 7.83. The molecule has 1 aliphatic heterocycles. The first-order valence-corrected chi connectivity index (χ1v) is 7.83. The smallest absolute Gasteiger partial charge is 0.223 e. The van der Waals surface area contributed by atoms with E-state index in [0.717, 1.165) is 31.4 Å². The van der Waals surface area contributed by atoms with E-state index in [1.807, 2.05) is 30.0 Å². The van der Waals surface area contributed by atoms with Crippen LogP contribution in [-0.4, -0.2) is 37.6 Å². The van der Waals surface area contributed by atoms with Gasteiger partial charge in [0.05, 0.1) is 20.3 Å². The van der Waals surface area contributed by atoms with Gasteiger partial charge >= 0.3 is 0 Å². The fraction of sp³-hybridized carbons (Fsp3) is 0.588. The monoisotopic (exact) mass is 342 g/mol. The van der Waals surface area contributed by atoms with E-state index >= 15 is 0 Å². The summed E-state index contributed by atoms with van der Waals surface area (Å²) in [5.74, 6) is 1.60. The number of methoxy groups -OCH3 is 2. The van der Waals surface area contributed by atoms with Crippen molar-refractivity contribution in [2.75, 3.05) is 20.8 Å². The number of hydrogen-bond acceptors (Lipinski definition) is 4. The van der Waals surface area contributed by atoms with Gasteiger partial charge in [-0.1, -0.05) is 6.07 Å². The lowest BCUT2D eigenvalue weighted by Gasteiger charge is -2.26. The summed E-state index contributed by atoms with van der Waals surface area (Å²) in [6.07, 6.45) is 3.26. The minimum Gasteiger partial charge on any atom is -0.493 e. The van der Waals surface area contributed by atoms with Crippen LogP contribution in [0.15, 0.2) is 18.2 Å². The predicted molar refractivity (Wildman–Crippen MR) is 93.4 cm³/mol. The van der Waals surface area contributed by atoms with E-state index in [4.69, 9.17) is 15.2 Å². The van der Waals surface area contributed by atoms with Gasteiger partial charge in [-0.3, -0.25) is 4.79 Å². The zero-order valence-electron chi connectivity index (χ0n) is 14.1. The van der Waals surface area contributed by atoms with Gasteiger partial charge in [-0.05, 0) is 43.9 Å². The van der Waals surface area contributed by atoms with Crippen molar-refractivity contribution >= 4 is 18.3 Å². The summed E-state index contributed by atoms with van der Waals surface area (Å²) in [5.41, 5.74) is 6.86. The molecule has 0 bridgehead atoms. The average Bonchev–Trinajstić information content (AvgIpc) is 3.01. The molecule has 1 aromatic rings. The normalized spacial score (nSPS) is 18.3.